The van der Waals surface area contributed by atoms with Crippen LogP contribution in [0.25, 0.3) is 0 Å². The van der Waals surface area contributed by atoms with E-state index in [1.54, 1.807) is 36.0 Å². The van der Waals surface area contributed by atoms with E-state index in [0.29, 0.717) is 18.9 Å². The summed E-state index contributed by atoms with van der Waals surface area (Å²) in [6, 6.07) is 6.20. The molecule has 1 unspecified atom stereocenters. The molecular formula is C14H22N2O2S. The van der Waals surface area contributed by atoms with Gasteiger partial charge in [0.1, 0.15) is 5.75 Å². The first-order valence-electron chi connectivity index (χ1n) is 6.33. The molecule has 0 aromatic heterocycles. The summed E-state index contributed by atoms with van der Waals surface area (Å²) < 4.78 is 0. The van der Waals surface area contributed by atoms with Gasteiger partial charge in [-0.15, -0.1) is 0 Å². The maximum absolute atomic E-state index is 11.8. The Kier molecular flexibility index (Phi) is 6.73. The van der Waals surface area contributed by atoms with E-state index in [1.807, 2.05) is 0 Å². The fourth-order valence-corrected chi connectivity index (χ4v) is 2.41. The Labute approximate surface area is 118 Å². The van der Waals surface area contributed by atoms with Crippen LogP contribution < -0.4 is 11.1 Å². The summed E-state index contributed by atoms with van der Waals surface area (Å²) in [5.74, 6) is 1.56. The molecule has 0 aliphatic carbocycles. The topological polar surface area (TPSA) is 75.4 Å². The summed E-state index contributed by atoms with van der Waals surface area (Å²) in [6.45, 7) is 2.76. The smallest absolute Gasteiger partial charge is 0.237 e. The molecule has 2 atom stereocenters. The number of aromatic hydroxyl groups is 1. The van der Waals surface area contributed by atoms with Crippen LogP contribution in [0.5, 0.6) is 5.75 Å². The fourth-order valence-electron chi connectivity index (χ4n) is 1.73. The van der Waals surface area contributed by atoms with Crippen LogP contribution in [0.2, 0.25) is 0 Å². The van der Waals surface area contributed by atoms with E-state index in [9.17, 15) is 9.90 Å². The fraction of sp³-hybridized carbons (Fsp3) is 0.500. The molecule has 1 aromatic rings. The van der Waals surface area contributed by atoms with Crippen molar-refractivity contribution >= 4 is 17.7 Å². The Morgan fingerprint density at radius 3 is 2.63 bits per heavy atom. The third-order valence-corrected chi connectivity index (χ3v) is 3.71. The van der Waals surface area contributed by atoms with Crippen molar-refractivity contribution in [2.24, 2.45) is 11.7 Å². The van der Waals surface area contributed by atoms with Crippen molar-refractivity contribution in [2.45, 2.75) is 19.4 Å². The molecule has 0 saturated carbocycles. The lowest BCUT2D eigenvalue weighted by molar-refractivity contribution is -0.122. The lowest BCUT2D eigenvalue weighted by Gasteiger charge is -2.15. The van der Waals surface area contributed by atoms with Gasteiger partial charge in [-0.2, -0.15) is 11.8 Å². The third-order valence-electron chi connectivity index (χ3n) is 2.80. The van der Waals surface area contributed by atoms with Crippen molar-refractivity contribution < 1.29 is 9.90 Å². The van der Waals surface area contributed by atoms with Crippen LogP contribution in [0.15, 0.2) is 24.3 Å². The van der Waals surface area contributed by atoms with Crippen molar-refractivity contribution in [1.82, 2.24) is 5.32 Å². The predicted molar refractivity (Wildman–Crippen MR) is 80.3 cm³/mol. The van der Waals surface area contributed by atoms with Gasteiger partial charge in [-0.3, -0.25) is 4.79 Å². The molecule has 106 valence electrons. The van der Waals surface area contributed by atoms with Crippen LogP contribution in [-0.2, 0) is 11.2 Å². The van der Waals surface area contributed by atoms with Crippen molar-refractivity contribution in [1.29, 1.82) is 0 Å². The van der Waals surface area contributed by atoms with Crippen LogP contribution in [0, 0.1) is 5.92 Å². The molecule has 0 fully saturated rings. The minimum atomic E-state index is -0.550. The van der Waals surface area contributed by atoms with Gasteiger partial charge in [-0.25, -0.2) is 0 Å². The summed E-state index contributed by atoms with van der Waals surface area (Å²) in [5, 5.41) is 12.1. The molecule has 1 amide bonds. The minimum Gasteiger partial charge on any atom is -0.508 e. The van der Waals surface area contributed by atoms with Crippen molar-refractivity contribution in [3.05, 3.63) is 29.8 Å². The Hall–Kier alpha value is -1.20. The summed E-state index contributed by atoms with van der Waals surface area (Å²) in [6.07, 6.45) is 2.53. The highest BCUT2D eigenvalue weighted by Crippen LogP contribution is 2.11. The molecule has 1 aromatic carbocycles. The standard InChI is InChI=1S/C14H22N2O2S/c1-10(9-19-2)8-16-14(18)13(15)7-11-3-5-12(17)6-4-11/h3-6,10,13,17H,7-9,15H2,1-2H3,(H,16,18)/t10?,13-/m0/s1. The first kappa shape index (κ1) is 15.9. The van der Waals surface area contributed by atoms with Gasteiger partial charge in [0.15, 0.2) is 0 Å². The summed E-state index contributed by atoms with van der Waals surface area (Å²) in [4.78, 5) is 11.8. The second-order valence-electron chi connectivity index (χ2n) is 4.78. The molecular weight excluding hydrogens is 260 g/mol. The molecule has 4 N–H and O–H groups in total. The number of phenolic OH excluding ortho intramolecular Hbond substituents is 1. The average molecular weight is 282 g/mol. The van der Waals surface area contributed by atoms with E-state index in [0.717, 1.165) is 11.3 Å². The largest absolute Gasteiger partial charge is 0.508 e. The lowest BCUT2D eigenvalue weighted by atomic mass is 10.1. The number of amides is 1. The first-order valence-corrected chi connectivity index (χ1v) is 7.72. The number of nitrogens with one attached hydrogen (secondary N) is 1. The quantitative estimate of drug-likeness (QED) is 0.706. The molecule has 4 nitrogen and oxygen atoms in total. The molecule has 0 radical (unpaired) electrons. The molecule has 5 heteroatoms. The maximum Gasteiger partial charge on any atom is 0.237 e. The summed E-state index contributed by atoms with van der Waals surface area (Å²) >= 11 is 1.77. The maximum atomic E-state index is 11.8. The number of carbonyl (C=O) groups excluding carboxylic acids is 1. The SMILES string of the molecule is CSCC(C)CNC(=O)[C@@H](N)Cc1ccc(O)cc1. The molecule has 0 spiro atoms. The zero-order valence-electron chi connectivity index (χ0n) is 11.4. The second-order valence-corrected chi connectivity index (χ2v) is 5.69. The van der Waals surface area contributed by atoms with E-state index < -0.39 is 6.04 Å². The van der Waals surface area contributed by atoms with Gasteiger partial charge in [0.2, 0.25) is 5.91 Å². The second kappa shape index (κ2) is 8.07. The van der Waals surface area contributed by atoms with Gasteiger partial charge in [0.05, 0.1) is 6.04 Å². The number of rotatable bonds is 7. The summed E-state index contributed by atoms with van der Waals surface area (Å²) in [7, 11) is 0. The number of benzene rings is 1. The minimum absolute atomic E-state index is 0.124. The molecule has 0 aliphatic heterocycles. The monoisotopic (exact) mass is 282 g/mol. The van der Waals surface area contributed by atoms with E-state index in [1.165, 1.54) is 0 Å². The van der Waals surface area contributed by atoms with Crippen LogP contribution in [0.3, 0.4) is 0 Å². The van der Waals surface area contributed by atoms with Gasteiger partial charge >= 0.3 is 0 Å². The molecule has 0 aliphatic rings. The number of hydrogen-bond acceptors (Lipinski definition) is 4. The van der Waals surface area contributed by atoms with Crippen molar-refractivity contribution in [3.8, 4) is 5.75 Å². The van der Waals surface area contributed by atoms with Crippen molar-refractivity contribution in [3.63, 3.8) is 0 Å². The van der Waals surface area contributed by atoms with Gasteiger partial charge < -0.3 is 16.2 Å². The predicted octanol–water partition coefficient (Wildman–Crippen LogP) is 1.38. The number of nitrogens with two attached hydrogens (primary N) is 1. The van der Waals surface area contributed by atoms with Crippen LogP contribution in [-0.4, -0.2) is 35.6 Å². The molecule has 0 bridgehead atoms. The number of carbonyl (C=O) groups is 1. The highest BCUT2D eigenvalue weighted by atomic mass is 32.2. The van der Waals surface area contributed by atoms with Crippen molar-refractivity contribution in [2.75, 3.05) is 18.6 Å². The Morgan fingerprint density at radius 2 is 2.05 bits per heavy atom. The lowest BCUT2D eigenvalue weighted by Crippen LogP contribution is -2.43. The molecule has 1 rings (SSSR count). The zero-order chi connectivity index (χ0) is 14.3. The van der Waals surface area contributed by atoms with Crippen LogP contribution >= 0.6 is 11.8 Å². The number of phenols is 1. The van der Waals surface area contributed by atoms with E-state index in [-0.39, 0.29) is 11.7 Å². The Balaban J connectivity index is 2.38. The highest BCUT2D eigenvalue weighted by molar-refractivity contribution is 7.98. The molecule has 19 heavy (non-hydrogen) atoms. The van der Waals surface area contributed by atoms with Gasteiger partial charge in [0, 0.05) is 6.54 Å². The number of thioether (sulfide) groups is 1. The van der Waals surface area contributed by atoms with Crippen LogP contribution in [0.4, 0.5) is 0 Å². The average Bonchev–Trinajstić information content (AvgIpc) is 2.39. The first-order chi connectivity index (χ1) is 9.02. The molecule has 0 heterocycles. The highest BCUT2D eigenvalue weighted by Gasteiger charge is 2.14. The Morgan fingerprint density at radius 1 is 1.42 bits per heavy atom. The van der Waals surface area contributed by atoms with Gasteiger partial charge in [0.25, 0.3) is 0 Å². The zero-order valence-corrected chi connectivity index (χ0v) is 12.2. The normalized spacial score (nSPS) is 13.8. The van der Waals surface area contributed by atoms with E-state index in [4.69, 9.17) is 5.73 Å². The van der Waals surface area contributed by atoms with Gasteiger partial charge in [-0.05, 0) is 42.0 Å². The Bertz CT molecular complexity index is 395. The van der Waals surface area contributed by atoms with E-state index in [2.05, 4.69) is 18.5 Å². The van der Waals surface area contributed by atoms with Crippen LogP contribution in [0.1, 0.15) is 12.5 Å². The molecule has 0 saturated heterocycles. The third kappa shape index (κ3) is 5.98. The van der Waals surface area contributed by atoms with E-state index >= 15 is 0 Å². The number of hydrogen-bond donors (Lipinski definition) is 3. The summed E-state index contributed by atoms with van der Waals surface area (Å²) in [5.41, 5.74) is 6.81. The van der Waals surface area contributed by atoms with Gasteiger partial charge in [-0.1, -0.05) is 19.1 Å².